The van der Waals surface area contributed by atoms with Crippen molar-refractivity contribution in [1.82, 2.24) is 5.32 Å². The molecule has 1 aliphatic heterocycles. The highest BCUT2D eigenvalue weighted by molar-refractivity contribution is 7.89. The normalized spacial score (nSPS) is 19.3. The van der Waals surface area contributed by atoms with E-state index in [4.69, 9.17) is 10.9 Å². The zero-order valence-electron chi connectivity index (χ0n) is 16.3. The average molecular weight is 433 g/mol. The van der Waals surface area contributed by atoms with Crippen LogP contribution in [-0.4, -0.2) is 38.9 Å². The van der Waals surface area contributed by atoms with Gasteiger partial charge in [0.2, 0.25) is 21.8 Å². The highest BCUT2D eigenvalue weighted by Crippen LogP contribution is 2.27. The lowest BCUT2D eigenvalue weighted by Gasteiger charge is -2.32. The fourth-order valence-corrected chi connectivity index (χ4v) is 4.00. The number of hydrogen-bond acceptors (Lipinski definition) is 5. The number of benzene rings is 1. The largest absolute Gasteiger partial charge is 0.349 e. The summed E-state index contributed by atoms with van der Waals surface area (Å²) in [6.45, 7) is 6.49. The Morgan fingerprint density at radius 2 is 2.04 bits per heavy atom. The third-order valence-corrected chi connectivity index (χ3v) is 5.60. The van der Waals surface area contributed by atoms with Crippen LogP contribution in [0.1, 0.15) is 33.6 Å². The van der Waals surface area contributed by atoms with Crippen molar-refractivity contribution in [3.8, 4) is 0 Å². The van der Waals surface area contributed by atoms with Crippen molar-refractivity contribution < 1.29 is 18.0 Å². The van der Waals surface area contributed by atoms with E-state index in [-0.39, 0.29) is 42.1 Å². The van der Waals surface area contributed by atoms with Gasteiger partial charge in [-0.3, -0.25) is 9.59 Å². The van der Waals surface area contributed by atoms with E-state index in [9.17, 15) is 18.0 Å². The Morgan fingerprint density at radius 1 is 1.39 bits per heavy atom. The number of anilines is 1. The van der Waals surface area contributed by atoms with Crippen LogP contribution in [-0.2, 0) is 19.6 Å². The molecule has 0 radical (unpaired) electrons. The second-order valence-corrected chi connectivity index (χ2v) is 9.36. The van der Waals surface area contributed by atoms with E-state index in [1.165, 1.54) is 23.1 Å². The van der Waals surface area contributed by atoms with Gasteiger partial charge in [0.05, 0.1) is 10.8 Å². The molecule has 1 heterocycles. The Balaban J connectivity index is 0.00000392. The van der Waals surface area contributed by atoms with Crippen molar-refractivity contribution in [1.29, 1.82) is 0 Å². The van der Waals surface area contributed by atoms with Crippen LogP contribution in [0.4, 0.5) is 5.69 Å². The van der Waals surface area contributed by atoms with Crippen molar-refractivity contribution in [3.63, 3.8) is 0 Å². The number of halogens is 1. The maximum atomic E-state index is 12.7. The number of hydrogen-bond donors (Lipinski definition) is 3. The lowest BCUT2D eigenvalue weighted by molar-refractivity contribution is -0.128. The minimum absolute atomic E-state index is 0. The Kier molecular flexibility index (Phi) is 8.01. The molecule has 1 fully saturated rings. The topological polar surface area (TPSA) is 136 Å². The van der Waals surface area contributed by atoms with Gasteiger partial charge in [0.1, 0.15) is 0 Å². The van der Waals surface area contributed by atoms with Gasteiger partial charge < -0.3 is 16.0 Å². The van der Waals surface area contributed by atoms with E-state index in [2.05, 4.69) is 19.2 Å². The summed E-state index contributed by atoms with van der Waals surface area (Å²) in [5.41, 5.74) is 5.72. The smallest absolute Gasteiger partial charge is 0.238 e. The zero-order chi connectivity index (χ0) is 20.4. The first-order valence-corrected chi connectivity index (χ1v) is 10.4. The van der Waals surface area contributed by atoms with E-state index in [0.29, 0.717) is 18.2 Å². The quantitative estimate of drug-likeness (QED) is 0.590. The highest BCUT2D eigenvalue weighted by atomic mass is 35.5. The molecule has 0 bridgehead atoms. The molecule has 8 nitrogen and oxygen atoms in total. The second kappa shape index (κ2) is 9.21. The molecule has 1 aromatic carbocycles. The Hall–Kier alpha value is -1.68. The summed E-state index contributed by atoms with van der Waals surface area (Å²) in [6, 6.07) is 5.85. The first kappa shape index (κ1) is 24.4. The standard InChI is InChI=1S/C18H28N4O4S.ClH/c1-12(2)9-18(3,11-19)21-17(24)13-7-16(23)22(10-13)14-5-4-6-15(8-14)27(20,25)26;/h4-6,8,12-13H,7,9-11,19H2,1-3H3,(H,21,24)(H2,20,25,26);1H. The number of nitrogens with zero attached hydrogens (tertiary/aromatic N) is 1. The predicted octanol–water partition coefficient (Wildman–Crippen LogP) is 0.988. The van der Waals surface area contributed by atoms with Crippen LogP contribution in [0.2, 0.25) is 0 Å². The zero-order valence-corrected chi connectivity index (χ0v) is 18.0. The van der Waals surface area contributed by atoms with Crippen molar-refractivity contribution in [2.75, 3.05) is 18.0 Å². The number of nitrogens with one attached hydrogen (secondary N) is 1. The molecule has 158 valence electrons. The first-order valence-electron chi connectivity index (χ1n) is 8.90. The van der Waals surface area contributed by atoms with E-state index >= 15 is 0 Å². The molecule has 5 N–H and O–H groups in total. The number of sulfonamides is 1. The fourth-order valence-electron chi connectivity index (χ4n) is 3.45. The lowest BCUT2D eigenvalue weighted by Crippen LogP contribution is -2.54. The van der Waals surface area contributed by atoms with Gasteiger partial charge in [-0.05, 0) is 37.5 Å². The molecule has 2 amide bonds. The molecule has 1 aliphatic rings. The number of nitrogens with two attached hydrogens (primary N) is 2. The van der Waals surface area contributed by atoms with Gasteiger partial charge in [0.25, 0.3) is 0 Å². The molecular weight excluding hydrogens is 404 g/mol. The van der Waals surface area contributed by atoms with Crippen molar-refractivity contribution in [2.45, 2.75) is 44.0 Å². The lowest BCUT2D eigenvalue weighted by atomic mass is 9.90. The molecular formula is C18H29ClN4O4S. The van der Waals surface area contributed by atoms with Gasteiger partial charge in [-0.2, -0.15) is 0 Å². The minimum atomic E-state index is -3.87. The fraction of sp³-hybridized carbons (Fsp3) is 0.556. The van der Waals surface area contributed by atoms with Gasteiger partial charge >= 0.3 is 0 Å². The number of carbonyl (C=O) groups excluding carboxylic acids is 2. The summed E-state index contributed by atoms with van der Waals surface area (Å²) in [7, 11) is -3.87. The maximum absolute atomic E-state index is 12.7. The van der Waals surface area contributed by atoms with Gasteiger partial charge in [-0.25, -0.2) is 13.6 Å². The van der Waals surface area contributed by atoms with E-state index < -0.39 is 21.5 Å². The second-order valence-electron chi connectivity index (χ2n) is 7.80. The molecule has 2 rings (SSSR count). The third kappa shape index (κ3) is 5.91. The summed E-state index contributed by atoms with van der Waals surface area (Å²) >= 11 is 0. The Labute approximate surface area is 172 Å². The first-order chi connectivity index (χ1) is 12.4. The van der Waals surface area contributed by atoms with Crippen molar-refractivity contribution in [2.24, 2.45) is 22.7 Å². The van der Waals surface area contributed by atoms with Crippen LogP contribution in [0.5, 0.6) is 0 Å². The molecule has 0 aliphatic carbocycles. The van der Waals surface area contributed by atoms with Crippen LogP contribution < -0.4 is 21.1 Å². The predicted molar refractivity (Wildman–Crippen MR) is 111 cm³/mol. The van der Waals surface area contributed by atoms with Gasteiger partial charge in [0, 0.05) is 30.7 Å². The molecule has 28 heavy (non-hydrogen) atoms. The van der Waals surface area contributed by atoms with Crippen molar-refractivity contribution in [3.05, 3.63) is 24.3 Å². The Bertz CT molecular complexity index is 831. The maximum Gasteiger partial charge on any atom is 0.238 e. The number of primary sulfonamides is 1. The summed E-state index contributed by atoms with van der Waals surface area (Å²) in [5.74, 6) is -0.614. The summed E-state index contributed by atoms with van der Waals surface area (Å²) in [4.78, 5) is 26.4. The van der Waals surface area contributed by atoms with Gasteiger partial charge in [-0.15, -0.1) is 12.4 Å². The number of amides is 2. The number of rotatable bonds is 7. The minimum Gasteiger partial charge on any atom is -0.349 e. The van der Waals surface area contributed by atoms with Crippen LogP contribution >= 0.6 is 12.4 Å². The molecule has 10 heteroatoms. The van der Waals surface area contributed by atoms with E-state index in [1.54, 1.807) is 6.07 Å². The highest BCUT2D eigenvalue weighted by Gasteiger charge is 2.38. The number of carbonyl (C=O) groups is 2. The van der Waals surface area contributed by atoms with Crippen LogP contribution in [0, 0.1) is 11.8 Å². The van der Waals surface area contributed by atoms with Crippen molar-refractivity contribution >= 4 is 39.9 Å². The molecule has 0 aromatic heterocycles. The van der Waals surface area contributed by atoms with Gasteiger partial charge in [0.15, 0.2) is 0 Å². The Morgan fingerprint density at radius 3 is 2.57 bits per heavy atom. The molecule has 2 atom stereocenters. The monoisotopic (exact) mass is 432 g/mol. The van der Waals surface area contributed by atoms with Gasteiger partial charge in [-0.1, -0.05) is 19.9 Å². The molecule has 0 spiro atoms. The summed E-state index contributed by atoms with van der Waals surface area (Å²) in [6.07, 6.45) is 0.795. The molecule has 0 saturated carbocycles. The molecule has 2 unspecified atom stereocenters. The summed E-state index contributed by atoms with van der Waals surface area (Å²) < 4.78 is 23.1. The van der Waals surface area contributed by atoms with Crippen LogP contribution in [0.15, 0.2) is 29.2 Å². The third-order valence-electron chi connectivity index (χ3n) is 4.69. The SMILES string of the molecule is CC(C)CC(C)(CN)NC(=O)C1CC(=O)N(c2cccc(S(N)(=O)=O)c2)C1.Cl. The van der Waals surface area contributed by atoms with Crippen LogP contribution in [0.3, 0.4) is 0 Å². The van der Waals surface area contributed by atoms with E-state index in [1.807, 2.05) is 6.92 Å². The van der Waals surface area contributed by atoms with E-state index in [0.717, 1.165) is 6.42 Å². The average Bonchev–Trinajstić information content (AvgIpc) is 2.95. The van der Waals surface area contributed by atoms with Crippen LogP contribution in [0.25, 0.3) is 0 Å². The summed E-state index contributed by atoms with van der Waals surface area (Å²) in [5, 5.41) is 8.14. The molecule has 1 aromatic rings. The molecule has 1 saturated heterocycles.